The van der Waals surface area contributed by atoms with Crippen LogP contribution in [0.5, 0.6) is 0 Å². The largest absolute Gasteiger partial charge is 0.370 e. The van der Waals surface area contributed by atoms with E-state index in [-0.39, 0.29) is 5.78 Å². The number of nitriles is 1. The molecule has 1 aromatic carbocycles. The van der Waals surface area contributed by atoms with Crippen molar-refractivity contribution in [3.8, 4) is 6.07 Å². The molecule has 2 rings (SSSR count). The standard InChI is InChI=1S/C16H15ClN2O2S/c1-3-4-7-21-10(2)15(20)12(9-18)16-19-13-8-11(17)5-6-14(13)22-16/h3,5-6,8,10,12H,1,4,7H2,2H3/t10-,12+/m1/s1. The number of hydrogen-bond donors (Lipinski definition) is 0. The summed E-state index contributed by atoms with van der Waals surface area (Å²) in [5, 5.41) is 10.4. The predicted octanol–water partition coefficient (Wildman–Crippen LogP) is 4.11. The Morgan fingerprint density at radius 3 is 3.09 bits per heavy atom. The molecule has 0 fully saturated rings. The third kappa shape index (κ3) is 3.72. The van der Waals surface area contributed by atoms with Gasteiger partial charge in [0.25, 0.3) is 0 Å². The minimum absolute atomic E-state index is 0.281. The number of thiazole rings is 1. The van der Waals surface area contributed by atoms with Crippen LogP contribution in [0.3, 0.4) is 0 Å². The summed E-state index contributed by atoms with van der Waals surface area (Å²) in [6.45, 7) is 5.66. The van der Waals surface area contributed by atoms with Crippen LogP contribution in [0.2, 0.25) is 5.02 Å². The zero-order valence-corrected chi connectivity index (χ0v) is 13.7. The van der Waals surface area contributed by atoms with Crippen LogP contribution >= 0.6 is 22.9 Å². The van der Waals surface area contributed by atoms with Gasteiger partial charge >= 0.3 is 0 Å². The quantitative estimate of drug-likeness (QED) is 0.564. The first-order valence-corrected chi connectivity index (χ1v) is 7.98. The monoisotopic (exact) mass is 334 g/mol. The van der Waals surface area contributed by atoms with Gasteiger partial charge in [-0.25, -0.2) is 4.98 Å². The molecule has 0 saturated heterocycles. The fourth-order valence-electron chi connectivity index (χ4n) is 1.93. The number of ketones is 1. The predicted molar refractivity (Wildman–Crippen MR) is 88.2 cm³/mol. The van der Waals surface area contributed by atoms with Crippen molar-refractivity contribution in [2.45, 2.75) is 25.4 Å². The first kappa shape index (κ1) is 16.6. The lowest BCUT2D eigenvalue weighted by Crippen LogP contribution is -2.26. The molecular weight excluding hydrogens is 320 g/mol. The lowest BCUT2D eigenvalue weighted by atomic mass is 10.0. The normalized spacial score (nSPS) is 13.5. The Bertz CT molecular complexity index is 735. The van der Waals surface area contributed by atoms with Crippen molar-refractivity contribution in [2.24, 2.45) is 0 Å². The summed E-state index contributed by atoms with van der Waals surface area (Å²) in [6.07, 6.45) is 1.73. The van der Waals surface area contributed by atoms with E-state index >= 15 is 0 Å². The lowest BCUT2D eigenvalue weighted by Gasteiger charge is -2.13. The van der Waals surface area contributed by atoms with Crippen LogP contribution in [0.25, 0.3) is 10.2 Å². The van der Waals surface area contributed by atoms with Crippen molar-refractivity contribution in [1.29, 1.82) is 5.26 Å². The maximum atomic E-state index is 12.4. The Morgan fingerprint density at radius 2 is 2.41 bits per heavy atom. The number of aromatic nitrogens is 1. The Kier molecular flexibility index (Phi) is 5.67. The highest BCUT2D eigenvalue weighted by Crippen LogP contribution is 2.30. The molecule has 1 heterocycles. The molecule has 0 aliphatic rings. The van der Waals surface area contributed by atoms with E-state index in [1.54, 1.807) is 25.1 Å². The number of fused-ring (bicyclic) bond motifs is 1. The Morgan fingerprint density at radius 1 is 1.64 bits per heavy atom. The second kappa shape index (κ2) is 7.50. The zero-order chi connectivity index (χ0) is 16.1. The van der Waals surface area contributed by atoms with Crippen molar-refractivity contribution in [1.82, 2.24) is 4.98 Å². The van der Waals surface area contributed by atoms with Crippen molar-refractivity contribution < 1.29 is 9.53 Å². The van der Waals surface area contributed by atoms with Gasteiger partial charge in [-0.15, -0.1) is 17.9 Å². The van der Waals surface area contributed by atoms with E-state index in [1.807, 2.05) is 12.1 Å². The second-order valence-corrected chi connectivity index (χ2v) is 6.22. The summed E-state index contributed by atoms with van der Waals surface area (Å²) < 4.78 is 6.32. The van der Waals surface area contributed by atoms with E-state index in [9.17, 15) is 10.1 Å². The topological polar surface area (TPSA) is 63.0 Å². The van der Waals surface area contributed by atoms with Gasteiger partial charge in [-0.05, 0) is 31.5 Å². The number of carbonyl (C=O) groups is 1. The first-order valence-electron chi connectivity index (χ1n) is 6.78. The van der Waals surface area contributed by atoms with E-state index in [0.717, 1.165) is 4.70 Å². The van der Waals surface area contributed by atoms with E-state index in [0.29, 0.717) is 28.6 Å². The Labute approximate surface area is 138 Å². The van der Waals surface area contributed by atoms with Gasteiger partial charge in [0.15, 0.2) is 11.7 Å². The second-order valence-electron chi connectivity index (χ2n) is 4.72. The van der Waals surface area contributed by atoms with Crippen LogP contribution in [-0.2, 0) is 9.53 Å². The van der Waals surface area contributed by atoms with Crippen LogP contribution in [0, 0.1) is 11.3 Å². The number of hydrogen-bond acceptors (Lipinski definition) is 5. The van der Waals surface area contributed by atoms with Crippen LogP contribution < -0.4 is 0 Å². The minimum Gasteiger partial charge on any atom is -0.370 e. The maximum Gasteiger partial charge on any atom is 0.185 e. The van der Waals surface area contributed by atoms with Gasteiger partial charge in [0.05, 0.1) is 22.9 Å². The van der Waals surface area contributed by atoms with Gasteiger partial charge in [-0.1, -0.05) is 17.7 Å². The molecule has 0 amide bonds. The fourth-order valence-corrected chi connectivity index (χ4v) is 3.09. The molecule has 0 saturated carbocycles. The summed E-state index contributed by atoms with van der Waals surface area (Å²) in [5.41, 5.74) is 0.695. The van der Waals surface area contributed by atoms with E-state index in [4.69, 9.17) is 16.3 Å². The van der Waals surface area contributed by atoms with Gasteiger partial charge in [-0.2, -0.15) is 5.26 Å². The highest BCUT2D eigenvalue weighted by atomic mass is 35.5. The third-order valence-electron chi connectivity index (χ3n) is 3.12. The van der Waals surface area contributed by atoms with Crippen molar-refractivity contribution in [3.05, 3.63) is 40.9 Å². The number of carbonyl (C=O) groups excluding carboxylic acids is 1. The van der Waals surface area contributed by atoms with Crippen molar-refractivity contribution >= 4 is 38.9 Å². The third-order valence-corrected chi connectivity index (χ3v) is 4.45. The average molecular weight is 335 g/mol. The Hall–Kier alpha value is -1.74. The van der Waals surface area contributed by atoms with E-state index in [1.165, 1.54) is 11.3 Å². The molecular formula is C16H15ClN2O2S. The van der Waals surface area contributed by atoms with Crippen LogP contribution in [0.15, 0.2) is 30.9 Å². The summed E-state index contributed by atoms with van der Waals surface area (Å²) in [7, 11) is 0. The van der Waals surface area contributed by atoms with Crippen LogP contribution in [-0.4, -0.2) is 23.5 Å². The van der Waals surface area contributed by atoms with Gasteiger partial charge < -0.3 is 4.74 Å². The number of Topliss-reactive ketones (excluding diaryl/α,β-unsaturated/α-hetero) is 1. The van der Waals surface area contributed by atoms with E-state index in [2.05, 4.69) is 11.6 Å². The van der Waals surface area contributed by atoms with Gasteiger partial charge in [0.2, 0.25) is 0 Å². The highest BCUT2D eigenvalue weighted by Gasteiger charge is 2.28. The highest BCUT2D eigenvalue weighted by molar-refractivity contribution is 7.18. The first-order chi connectivity index (χ1) is 10.6. The molecule has 1 aromatic heterocycles. The Balaban J connectivity index is 2.20. The van der Waals surface area contributed by atoms with Crippen LogP contribution in [0.4, 0.5) is 0 Å². The smallest absolute Gasteiger partial charge is 0.185 e. The molecule has 2 atom stereocenters. The summed E-state index contributed by atoms with van der Waals surface area (Å²) in [4.78, 5) is 16.7. The minimum atomic E-state index is -0.921. The molecule has 0 aliphatic heterocycles. The van der Waals surface area contributed by atoms with Crippen molar-refractivity contribution in [3.63, 3.8) is 0 Å². The summed E-state index contributed by atoms with van der Waals surface area (Å²) >= 11 is 7.26. The van der Waals surface area contributed by atoms with E-state index < -0.39 is 12.0 Å². The SMILES string of the molecule is C=CCCO[C@H](C)C(=O)[C@H](C#N)c1nc2cc(Cl)ccc2s1. The maximum absolute atomic E-state index is 12.4. The molecule has 2 aromatic rings. The molecule has 6 heteroatoms. The molecule has 0 spiro atoms. The summed E-state index contributed by atoms with van der Waals surface area (Å²) in [5.74, 6) is -1.20. The number of ether oxygens (including phenoxy) is 1. The number of nitrogens with zero attached hydrogens (tertiary/aromatic N) is 2. The molecule has 0 radical (unpaired) electrons. The van der Waals surface area contributed by atoms with Gasteiger partial charge in [-0.3, -0.25) is 4.79 Å². The van der Waals surface area contributed by atoms with Crippen molar-refractivity contribution in [2.75, 3.05) is 6.61 Å². The average Bonchev–Trinajstić information content (AvgIpc) is 2.90. The lowest BCUT2D eigenvalue weighted by molar-refractivity contribution is -0.129. The summed E-state index contributed by atoms with van der Waals surface area (Å²) in [6, 6.07) is 7.35. The molecule has 0 aliphatic carbocycles. The molecule has 22 heavy (non-hydrogen) atoms. The number of halogens is 1. The van der Waals surface area contributed by atoms with Crippen LogP contribution in [0.1, 0.15) is 24.3 Å². The molecule has 0 unspecified atom stereocenters. The van der Waals surface area contributed by atoms with Gasteiger partial charge in [0.1, 0.15) is 11.1 Å². The molecule has 0 N–H and O–H groups in total. The number of benzene rings is 1. The fraction of sp³-hybridized carbons (Fsp3) is 0.312. The van der Waals surface area contributed by atoms with Gasteiger partial charge in [0, 0.05) is 5.02 Å². The number of rotatable bonds is 7. The molecule has 0 bridgehead atoms. The molecule has 114 valence electrons. The molecule has 4 nitrogen and oxygen atoms in total. The zero-order valence-electron chi connectivity index (χ0n) is 12.1.